The van der Waals surface area contributed by atoms with Crippen molar-refractivity contribution in [2.45, 2.75) is 33.2 Å². The van der Waals surface area contributed by atoms with Crippen LogP contribution in [0.4, 0.5) is 5.13 Å². The van der Waals surface area contributed by atoms with Gasteiger partial charge in [0.2, 0.25) is 5.91 Å². The number of nitrogens with zero attached hydrogens (tertiary/aromatic N) is 2. The van der Waals surface area contributed by atoms with Crippen molar-refractivity contribution in [1.29, 1.82) is 0 Å². The zero-order chi connectivity index (χ0) is 20.8. The Balaban J connectivity index is 1.50. The largest absolute Gasteiger partial charge is 0.351 e. The van der Waals surface area contributed by atoms with Crippen LogP contribution in [0.15, 0.2) is 41.6 Å². The molecule has 0 fully saturated rings. The third-order valence-electron chi connectivity index (χ3n) is 4.52. The van der Waals surface area contributed by atoms with E-state index in [0.29, 0.717) is 29.4 Å². The van der Waals surface area contributed by atoms with Gasteiger partial charge in [-0.2, -0.15) is 0 Å². The van der Waals surface area contributed by atoms with Gasteiger partial charge in [0.15, 0.2) is 5.13 Å². The molecule has 29 heavy (non-hydrogen) atoms. The maximum absolute atomic E-state index is 12.2. The average molecular weight is 429 g/mol. The van der Waals surface area contributed by atoms with Crippen LogP contribution in [0.25, 0.3) is 11.3 Å². The lowest BCUT2D eigenvalue weighted by molar-refractivity contribution is -0.116. The molecular weight excluding hydrogens is 404 g/mol. The molecule has 0 saturated heterocycles. The smallest absolute Gasteiger partial charge is 0.261 e. The van der Waals surface area contributed by atoms with E-state index >= 15 is 0 Å². The van der Waals surface area contributed by atoms with Gasteiger partial charge >= 0.3 is 0 Å². The highest BCUT2D eigenvalue weighted by Crippen LogP contribution is 2.30. The Morgan fingerprint density at radius 1 is 1.31 bits per heavy atom. The molecule has 8 heteroatoms. The Labute approximate surface area is 178 Å². The van der Waals surface area contributed by atoms with E-state index in [0.717, 1.165) is 29.2 Å². The molecule has 2 amide bonds. The molecule has 0 radical (unpaired) electrons. The molecule has 6 nitrogen and oxygen atoms in total. The summed E-state index contributed by atoms with van der Waals surface area (Å²) in [5.74, 6) is -0.201. The summed E-state index contributed by atoms with van der Waals surface area (Å²) in [6.07, 6.45) is 2.77. The van der Waals surface area contributed by atoms with Crippen molar-refractivity contribution < 1.29 is 9.59 Å². The molecule has 3 aromatic heterocycles. The summed E-state index contributed by atoms with van der Waals surface area (Å²) < 4.78 is 2.18. The highest BCUT2D eigenvalue weighted by atomic mass is 32.1. The number of carbonyl (C=O) groups is 2. The predicted molar refractivity (Wildman–Crippen MR) is 120 cm³/mol. The summed E-state index contributed by atoms with van der Waals surface area (Å²) in [5, 5.41) is 10.1. The fourth-order valence-corrected chi connectivity index (χ4v) is 4.42. The molecular formula is C21H24N4O2S2. The highest BCUT2D eigenvalue weighted by Gasteiger charge is 2.14. The molecule has 0 spiro atoms. The van der Waals surface area contributed by atoms with Crippen LogP contribution in [0.3, 0.4) is 0 Å². The molecule has 0 bridgehead atoms. The SMILES string of the molecule is C=CCn1c(C)cc(-c2csc(NC(=O)CCCNC(=O)c3cccs3)n2)c1C. The number of amides is 2. The normalized spacial score (nSPS) is 10.7. The van der Waals surface area contributed by atoms with E-state index in [4.69, 9.17) is 0 Å². The summed E-state index contributed by atoms with van der Waals surface area (Å²) in [6.45, 7) is 9.15. The number of aromatic nitrogens is 2. The Kier molecular flexibility index (Phi) is 7.00. The Morgan fingerprint density at radius 3 is 2.86 bits per heavy atom. The zero-order valence-corrected chi connectivity index (χ0v) is 18.2. The third-order valence-corrected chi connectivity index (χ3v) is 6.15. The fourth-order valence-electron chi connectivity index (χ4n) is 3.05. The summed E-state index contributed by atoms with van der Waals surface area (Å²) in [5.41, 5.74) is 4.21. The highest BCUT2D eigenvalue weighted by molar-refractivity contribution is 7.14. The van der Waals surface area contributed by atoms with Crippen molar-refractivity contribution in [3.63, 3.8) is 0 Å². The van der Waals surface area contributed by atoms with E-state index in [1.165, 1.54) is 22.7 Å². The molecule has 0 unspecified atom stereocenters. The lowest BCUT2D eigenvalue weighted by atomic mass is 10.2. The fraction of sp³-hybridized carbons (Fsp3) is 0.286. The van der Waals surface area contributed by atoms with Gasteiger partial charge in [-0.15, -0.1) is 29.3 Å². The van der Waals surface area contributed by atoms with Crippen LogP contribution in [0.2, 0.25) is 0 Å². The van der Waals surface area contributed by atoms with Gasteiger partial charge in [-0.05, 0) is 37.8 Å². The number of aryl methyl sites for hydroxylation is 1. The Morgan fingerprint density at radius 2 is 2.14 bits per heavy atom. The van der Waals surface area contributed by atoms with Crippen LogP contribution in [-0.4, -0.2) is 27.9 Å². The van der Waals surface area contributed by atoms with Crippen molar-refractivity contribution in [2.75, 3.05) is 11.9 Å². The van der Waals surface area contributed by atoms with Crippen LogP contribution in [0, 0.1) is 13.8 Å². The minimum atomic E-state index is -0.103. The Bertz CT molecular complexity index is 1000. The van der Waals surface area contributed by atoms with Gasteiger partial charge in [-0.1, -0.05) is 12.1 Å². The van der Waals surface area contributed by atoms with Gasteiger partial charge in [-0.25, -0.2) is 4.98 Å². The van der Waals surface area contributed by atoms with Crippen molar-refractivity contribution in [3.8, 4) is 11.3 Å². The van der Waals surface area contributed by atoms with Crippen LogP contribution in [0.1, 0.15) is 33.9 Å². The molecule has 0 aliphatic rings. The van der Waals surface area contributed by atoms with Gasteiger partial charge < -0.3 is 15.2 Å². The second-order valence-electron chi connectivity index (χ2n) is 6.61. The summed E-state index contributed by atoms with van der Waals surface area (Å²) in [4.78, 5) is 29.3. The van der Waals surface area contributed by atoms with Crippen LogP contribution in [-0.2, 0) is 11.3 Å². The summed E-state index contributed by atoms with van der Waals surface area (Å²) >= 11 is 2.81. The number of carbonyl (C=O) groups excluding carboxylic acids is 2. The first-order chi connectivity index (χ1) is 14.0. The first kappa shape index (κ1) is 21.0. The van der Waals surface area contributed by atoms with Gasteiger partial charge in [0.25, 0.3) is 5.91 Å². The molecule has 3 heterocycles. The average Bonchev–Trinajstić information content (AvgIpc) is 3.43. The lowest BCUT2D eigenvalue weighted by Crippen LogP contribution is -2.24. The maximum atomic E-state index is 12.2. The number of thiophene rings is 1. The predicted octanol–water partition coefficient (Wildman–Crippen LogP) is 4.62. The molecule has 0 aliphatic heterocycles. The second kappa shape index (κ2) is 9.67. The van der Waals surface area contributed by atoms with E-state index < -0.39 is 0 Å². The van der Waals surface area contributed by atoms with E-state index in [9.17, 15) is 9.59 Å². The number of rotatable bonds is 9. The van der Waals surface area contributed by atoms with Crippen LogP contribution < -0.4 is 10.6 Å². The molecule has 2 N–H and O–H groups in total. The topological polar surface area (TPSA) is 76.0 Å². The lowest BCUT2D eigenvalue weighted by Gasteiger charge is -2.05. The molecule has 3 rings (SSSR count). The first-order valence-electron chi connectivity index (χ1n) is 9.34. The minimum absolute atomic E-state index is 0.0981. The van der Waals surface area contributed by atoms with Gasteiger partial charge in [0.1, 0.15) is 0 Å². The van der Waals surface area contributed by atoms with E-state index in [1.54, 1.807) is 6.07 Å². The van der Waals surface area contributed by atoms with Crippen molar-refractivity contribution >= 4 is 39.6 Å². The second-order valence-corrected chi connectivity index (χ2v) is 8.41. The number of allylic oxidation sites excluding steroid dienone is 1. The molecule has 152 valence electrons. The monoisotopic (exact) mass is 428 g/mol. The van der Waals surface area contributed by atoms with E-state index in [1.807, 2.05) is 22.9 Å². The van der Waals surface area contributed by atoms with Crippen molar-refractivity contribution in [1.82, 2.24) is 14.9 Å². The van der Waals surface area contributed by atoms with Gasteiger partial charge in [-0.3, -0.25) is 9.59 Å². The van der Waals surface area contributed by atoms with Crippen LogP contribution >= 0.6 is 22.7 Å². The minimum Gasteiger partial charge on any atom is -0.351 e. The Hall–Kier alpha value is -2.71. The number of anilines is 1. The van der Waals surface area contributed by atoms with E-state index in [-0.39, 0.29) is 11.8 Å². The molecule has 0 saturated carbocycles. The van der Waals surface area contributed by atoms with Crippen LogP contribution in [0.5, 0.6) is 0 Å². The number of hydrogen-bond acceptors (Lipinski definition) is 5. The first-order valence-corrected chi connectivity index (χ1v) is 11.1. The summed E-state index contributed by atoms with van der Waals surface area (Å²) in [7, 11) is 0. The molecule has 0 atom stereocenters. The van der Waals surface area contributed by atoms with Gasteiger partial charge in [0, 0.05) is 41.8 Å². The van der Waals surface area contributed by atoms with Crippen molar-refractivity contribution in [2.24, 2.45) is 0 Å². The molecule has 3 aromatic rings. The molecule has 0 aromatic carbocycles. The number of thiazole rings is 1. The quantitative estimate of drug-likeness (QED) is 0.386. The van der Waals surface area contributed by atoms with E-state index in [2.05, 4.69) is 46.7 Å². The zero-order valence-electron chi connectivity index (χ0n) is 16.5. The number of nitrogens with one attached hydrogen (secondary N) is 2. The summed E-state index contributed by atoms with van der Waals surface area (Å²) in [6, 6.07) is 5.73. The number of hydrogen-bond donors (Lipinski definition) is 2. The molecule has 0 aliphatic carbocycles. The van der Waals surface area contributed by atoms with Gasteiger partial charge in [0.05, 0.1) is 10.6 Å². The maximum Gasteiger partial charge on any atom is 0.261 e. The van der Waals surface area contributed by atoms with Crippen molar-refractivity contribution in [3.05, 3.63) is 57.9 Å². The standard InChI is InChI=1S/C21H24N4O2S2/c1-4-10-25-14(2)12-16(15(25)3)17-13-29-21(23-17)24-19(26)8-5-9-22-20(27)18-7-6-11-28-18/h4,6-7,11-13H,1,5,8-10H2,2-3H3,(H,22,27)(H,23,24,26). The third kappa shape index (κ3) is 5.21.